The third kappa shape index (κ3) is 2.04. The van der Waals surface area contributed by atoms with Crippen LogP contribution in [0.25, 0.3) is 0 Å². The summed E-state index contributed by atoms with van der Waals surface area (Å²) in [7, 11) is 0. The lowest BCUT2D eigenvalue weighted by Gasteiger charge is -2.26. The minimum absolute atomic E-state index is 0.218. The van der Waals surface area contributed by atoms with Crippen LogP contribution >= 0.6 is 11.3 Å². The molecule has 2 aromatic heterocycles. The summed E-state index contributed by atoms with van der Waals surface area (Å²) in [6.07, 6.45) is 2.86. The number of hydrogen-bond acceptors (Lipinski definition) is 7. The van der Waals surface area contributed by atoms with Gasteiger partial charge in [0.05, 0.1) is 0 Å². The summed E-state index contributed by atoms with van der Waals surface area (Å²) < 4.78 is 2.00. The minimum atomic E-state index is 0.218. The lowest BCUT2D eigenvalue weighted by atomic mass is 10.2. The average molecular weight is 291 g/mol. The fourth-order valence-corrected chi connectivity index (χ4v) is 3.48. The van der Waals surface area contributed by atoms with E-state index in [2.05, 4.69) is 25.5 Å². The molecule has 8 heteroatoms. The molecule has 7 nitrogen and oxygen atoms in total. The maximum atomic E-state index is 4.72. The Balaban J connectivity index is 1.66. The van der Waals surface area contributed by atoms with Crippen LogP contribution in [0.15, 0.2) is 11.6 Å². The predicted octanol–water partition coefficient (Wildman–Crippen LogP) is 0.549. The first-order valence-corrected chi connectivity index (χ1v) is 7.85. The molecule has 20 heavy (non-hydrogen) atoms. The van der Waals surface area contributed by atoms with E-state index in [0.717, 1.165) is 56.0 Å². The summed E-state index contributed by atoms with van der Waals surface area (Å²) in [6.45, 7) is 4.83. The molecule has 0 radical (unpaired) electrons. The molecule has 1 unspecified atom stereocenters. The van der Waals surface area contributed by atoms with Crippen LogP contribution in [0.2, 0.25) is 0 Å². The Bertz CT molecular complexity index is 573. The molecular weight excluding hydrogens is 274 g/mol. The third-order valence-electron chi connectivity index (χ3n) is 3.75. The van der Waals surface area contributed by atoms with Crippen LogP contribution in [-0.4, -0.2) is 52.5 Å². The van der Waals surface area contributed by atoms with E-state index in [4.69, 9.17) is 5.10 Å². The Morgan fingerprint density at radius 1 is 1.25 bits per heavy atom. The number of nitrogens with zero attached hydrogens (tertiary/aromatic N) is 5. The van der Waals surface area contributed by atoms with Gasteiger partial charge in [-0.1, -0.05) is 0 Å². The Morgan fingerprint density at radius 3 is 2.95 bits per heavy atom. The number of piperazine rings is 1. The molecular formula is C12H17N7S. The van der Waals surface area contributed by atoms with Crippen molar-refractivity contribution in [2.75, 3.05) is 42.9 Å². The highest BCUT2D eigenvalue weighted by molar-refractivity contribution is 7.09. The standard InChI is InChI=1S/C12H17N7S/c1-2-15-11-16-12(18-6-3-13-4-7-18)17-19(11)9(1)10-14-5-8-20-10/h5,8-9,13H,1-4,6-7H2,(H,15,16,17). The van der Waals surface area contributed by atoms with E-state index in [9.17, 15) is 0 Å². The Morgan fingerprint density at radius 2 is 2.15 bits per heavy atom. The average Bonchev–Trinajstić information content (AvgIpc) is 3.17. The molecule has 0 aliphatic carbocycles. The van der Waals surface area contributed by atoms with Crippen molar-refractivity contribution in [2.45, 2.75) is 12.5 Å². The lowest BCUT2D eigenvalue weighted by Crippen LogP contribution is -2.44. The van der Waals surface area contributed by atoms with Crippen LogP contribution in [0.1, 0.15) is 17.5 Å². The van der Waals surface area contributed by atoms with Crippen molar-refractivity contribution < 1.29 is 0 Å². The van der Waals surface area contributed by atoms with Crippen LogP contribution in [0.4, 0.5) is 11.9 Å². The van der Waals surface area contributed by atoms with Crippen LogP contribution in [0, 0.1) is 0 Å². The van der Waals surface area contributed by atoms with Gasteiger partial charge in [-0.05, 0) is 6.42 Å². The monoisotopic (exact) mass is 291 g/mol. The molecule has 0 aromatic carbocycles. The van der Waals surface area contributed by atoms with Crippen molar-refractivity contribution in [3.8, 4) is 0 Å². The third-order valence-corrected chi connectivity index (χ3v) is 4.63. The van der Waals surface area contributed by atoms with E-state index in [1.165, 1.54) is 0 Å². The molecule has 1 saturated heterocycles. The highest BCUT2D eigenvalue weighted by atomic mass is 32.1. The zero-order valence-corrected chi connectivity index (χ0v) is 11.9. The highest BCUT2D eigenvalue weighted by Crippen LogP contribution is 2.30. The second-order valence-corrected chi connectivity index (χ2v) is 5.94. The van der Waals surface area contributed by atoms with Gasteiger partial charge in [0.25, 0.3) is 0 Å². The lowest BCUT2D eigenvalue weighted by molar-refractivity contribution is 0.476. The number of hydrogen-bond donors (Lipinski definition) is 2. The van der Waals surface area contributed by atoms with Crippen molar-refractivity contribution in [1.29, 1.82) is 0 Å². The first-order valence-electron chi connectivity index (χ1n) is 6.97. The second kappa shape index (κ2) is 5.02. The minimum Gasteiger partial charge on any atom is -0.354 e. The normalized spacial score (nSPS) is 22.4. The van der Waals surface area contributed by atoms with Gasteiger partial charge in [0.1, 0.15) is 11.0 Å². The van der Waals surface area contributed by atoms with Gasteiger partial charge < -0.3 is 15.5 Å². The van der Waals surface area contributed by atoms with E-state index in [1.807, 2.05) is 16.3 Å². The van der Waals surface area contributed by atoms with E-state index < -0.39 is 0 Å². The van der Waals surface area contributed by atoms with Crippen LogP contribution in [-0.2, 0) is 0 Å². The summed E-state index contributed by atoms with van der Waals surface area (Å²) >= 11 is 1.69. The fourth-order valence-electron chi connectivity index (χ4n) is 2.72. The molecule has 0 saturated carbocycles. The molecule has 1 atom stereocenters. The van der Waals surface area contributed by atoms with Crippen molar-refractivity contribution in [2.24, 2.45) is 0 Å². The first-order chi connectivity index (χ1) is 9.92. The number of anilines is 2. The summed E-state index contributed by atoms with van der Waals surface area (Å²) in [4.78, 5) is 11.3. The second-order valence-electron chi connectivity index (χ2n) is 5.02. The molecule has 2 N–H and O–H groups in total. The summed E-state index contributed by atoms with van der Waals surface area (Å²) in [6, 6.07) is 0.218. The highest BCUT2D eigenvalue weighted by Gasteiger charge is 2.27. The van der Waals surface area contributed by atoms with E-state index in [1.54, 1.807) is 11.3 Å². The van der Waals surface area contributed by atoms with Crippen LogP contribution in [0.3, 0.4) is 0 Å². The van der Waals surface area contributed by atoms with Crippen molar-refractivity contribution in [3.05, 3.63) is 16.6 Å². The van der Waals surface area contributed by atoms with Gasteiger partial charge in [0, 0.05) is 44.3 Å². The molecule has 1 fully saturated rings. The van der Waals surface area contributed by atoms with Crippen LogP contribution < -0.4 is 15.5 Å². The molecule has 106 valence electrons. The van der Waals surface area contributed by atoms with E-state index >= 15 is 0 Å². The fraction of sp³-hybridized carbons (Fsp3) is 0.583. The maximum Gasteiger partial charge on any atom is 0.246 e. The predicted molar refractivity (Wildman–Crippen MR) is 78.5 cm³/mol. The molecule has 2 aromatic rings. The topological polar surface area (TPSA) is 70.9 Å². The zero-order valence-electron chi connectivity index (χ0n) is 11.1. The SMILES string of the molecule is c1csc(C2CCNc3nc(N4CCNCC4)nn32)n1. The van der Waals surface area contributed by atoms with Gasteiger partial charge in [-0.3, -0.25) is 0 Å². The molecule has 0 bridgehead atoms. The van der Waals surface area contributed by atoms with Crippen molar-refractivity contribution in [1.82, 2.24) is 25.1 Å². The van der Waals surface area contributed by atoms with Gasteiger partial charge in [0.15, 0.2) is 0 Å². The number of nitrogens with one attached hydrogen (secondary N) is 2. The molecule has 2 aliphatic rings. The molecule has 0 spiro atoms. The quantitative estimate of drug-likeness (QED) is 0.842. The Hall–Kier alpha value is -1.67. The Kier molecular flexibility index (Phi) is 3.04. The first kappa shape index (κ1) is 12.1. The van der Waals surface area contributed by atoms with Gasteiger partial charge in [0.2, 0.25) is 11.9 Å². The number of thiazole rings is 1. The molecule has 2 aliphatic heterocycles. The summed E-state index contributed by atoms with van der Waals surface area (Å²) in [5.74, 6) is 1.70. The van der Waals surface area contributed by atoms with Crippen LogP contribution in [0.5, 0.6) is 0 Å². The van der Waals surface area contributed by atoms with Crippen molar-refractivity contribution in [3.63, 3.8) is 0 Å². The Labute approximate surface area is 121 Å². The summed E-state index contributed by atoms with van der Waals surface area (Å²) in [5.41, 5.74) is 0. The number of rotatable bonds is 2. The van der Waals surface area contributed by atoms with Gasteiger partial charge in [-0.25, -0.2) is 9.67 Å². The molecule has 0 amide bonds. The maximum absolute atomic E-state index is 4.72. The van der Waals surface area contributed by atoms with Crippen molar-refractivity contribution >= 4 is 23.2 Å². The molecule has 4 rings (SSSR count). The largest absolute Gasteiger partial charge is 0.354 e. The number of fused-ring (bicyclic) bond motifs is 1. The zero-order chi connectivity index (χ0) is 13.4. The van der Waals surface area contributed by atoms with Gasteiger partial charge in [-0.2, -0.15) is 4.98 Å². The smallest absolute Gasteiger partial charge is 0.246 e. The summed E-state index contributed by atoms with van der Waals surface area (Å²) in [5, 5.41) is 14.5. The van der Waals surface area contributed by atoms with Gasteiger partial charge in [-0.15, -0.1) is 16.4 Å². The molecule has 4 heterocycles. The van der Waals surface area contributed by atoms with Gasteiger partial charge >= 0.3 is 0 Å². The van der Waals surface area contributed by atoms with E-state index in [-0.39, 0.29) is 6.04 Å². The van der Waals surface area contributed by atoms with E-state index in [0.29, 0.717) is 0 Å². The number of aromatic nitrogens is 4.